The Morgan fingerprint density at radius 2 is 1.89 bits per heavy atom. The standard InChI is InChI=1S/C22H16N4O/c27-22-14-24-19-13-23-10-9-21(19)26(22)15-16-4-3-5-17(12-16)20-8-7-18-6-1-2-11-25(18)20/h1-14H,15H2. The molecule has 0 fully saturated rings. The zero-order valence-electron chi connectivity index (χ0n) is 14.5. The molecule has 5 rings (SSSR count). The predicted octanol–water partition coefficient (Wildman–Crippen LogP) is 3.76. The van der Waals surface area contributed by atoms with Crippen molar-refractivity contribution in [2.24, 2.45) is 0 Å². The average molecular weight is 352 g/mol. The van der Waals surface area contributed by atoms with Gasteiger partial charge in [0.05, 0.1) is 30.1 Å². The van der Waals surface area contributed by atoms with Gasteiger partial charge in [-0.3, -0.25) is 9.78 Å². The Morgan fingerprint density at radius 1 is 0.926 bits per heavy atom. The predicted molar refractivity (Wildman–Crippen MR) is 106 cm³/mol. The van der Waals surface area contributed by atoms with Gasteiger partial charge >= 0.3 is 0 Å². The molecule has 0 aliphatic rings. The highest BCUT2D eigenvalue weighted by atomic mass is 16.1. The van der Waals surface area contributed by atoms with E-state index in [2.05, 4.69) is 50.9 Å². The van der Waals surface area contributed by atoms with Gasteiger partial charge in [0.2, 0.25) is 0 Å². The van der Waals surface area contributed by atoms with Gasteiger partial charge in [0, 0.05) is 17.9 Å². The molecule has 0 N–H and O–H groups in total. The molecule has 0 aliphatic heterocycles. The molecule has 0 aliphatic carbocycles. The SMILES string of the molecule is O=c1cnc2cnccc2n1Cc1cccc(-c2ccc3ccccn23)c1. The van der Waals surface area contributed by atoms with Gasteiger partial charge in [0.25, 0.3) is 5.56 Å². The number of rotatable bonds is 3. The molecule has 5 heteroatoms. The van der Waals surface area contributed by atoms with E-state index in [1.807, 2.05) is 30.3 Å². The van der Waals surface area contributed by atoms with Crippen molar-refractivity contribution in [2.45, 2.75) is 6.54 Å². The molecule has 0 unspecified atom stereocenters. The zero-order valence-corrected chi connectivity index (χ0v) is 14.5. The molecular formula is C22H16N4O. The second kappa shape index (κ2) is 6.21. The van der Waals surface area contributed by atoms with Crippen LogP contribution in [0.2, 0.25) is 0 Å². The fourth-order valence-corrected chi connectivity index (χ4v) is 3.49. The van der Waals surface area contributed by atoms with E-state index in [4.69, 9.17) is 0 Å². The molecule has 4 aromatic heterocycles. The first-order valence-corrected chi connectivity index (χ1v) is 8.74. The molecule has 27 heavy (non-hydrogen) atoms. The lowest BCUT2D eigenvalue weighted by Gasteiger charge is -2.11. The lowest BCUT2D eigenvalue weighted by molar-refractivity contribution is 0.786. The third-order valence-electron chi connectivity index (χ3n) is 4.77. The summed E-state index contributed by atoms with van der Waals surface area (Å²) in [6, 6.07) is 20.5. The van der Waals surface area contributed by atoms with E-state index in [0.717, 1.165) is 27.9 Å². The second-order valence-electron chi connectivity index (χ2n) is 6.46. The molecule has 0 atom stereocenters. The highest BCUT2D eigenvalue weighted by Crippen LogP contribution is 2.24. The number of fused-ring (bicyclic) bond motifs is 2. The molecule has 5 nitrogen and oxygen atoms in total. The number of nitrogens with zero attached hydrogens (tertiary/aromatic N) is 4. The highest BCUT2D eigenvalue weighted by molar-refractivity contribution is 5.73. The topological polar surface area (TPSA) is 52.2 Å². The Hall–Kier alpha value is -3.73. The van der Waals surface area contributed by atoms with Crippen LogP contribution in [0.5, 0.6) is 0 Å². The van der Waals surface area contributed by atoms with Crippen LogP contribution in [0.1, 0.15) is 5.56 Å². The summed E-state index contributed by atoms with van der Waals surface area (Å²) in [7, 11) is 0. The quantitative estimate of drug-likeness (QED) is 0.497. The van der Waals surface area contributed by atoms with Crippen LogP contribution in [0.25, 0.3) is 27.8 Å². The van der Waals surface area contributed by atoms with Crippen molar-refractivity contribution in [3.63, 3.8) is 0 Å². The molecule has 0 bridgehead atoms. The van der Waals surface area contributed by atoms with Crippen LogP contribution >= 0.6 is 0 Å². The summed E-state index contributed by atoms with van der Waals surface area (Å²) in [6.07, 6.45) is 6.77. The Morgan fingerprint density at radius 3 is 2.85 bits per heavy atom. The summed E-state index contributed by atoms with van der Waals surface area (Å²) in [6.45, 7) is 0.485. The fraction of sp³-hybridized carbons (Fsp3) is 0.0455. The van der Waals surface area contributed by atoms with Crippen LogP contribution in [0.4, 0.5) is 0 Å². The first kappa shape index (κ1) is 15.5. The Balaban J connectivity index is 1.60. The minimum Gasteiger partial charge on any atom is -0.317 e. The van der Waals surface area contributed by atoms with E-state index in [-0.39, 0.29) is 5.56 Å². The Bertz CT molecular complexity index is 1330. The second-order valence-corrected chi connectivity index (χ2v) is 6.46. The van der Waals surface area contributed by atoms with Crippen molar-refractivity contribution in [3.05, 3.63) is 101 Å². The van der Waals surface area contributed by atoms with Crippen LogP contribution in [0.15, 0.2) is 90.2 Å². The lowest BCUT2D eigenvalue weighted by atomic mass is 10.1. The molecule has 0 saturated carbocycles. The number of hydrogen-bond acceptors (Lipinski definition) is 3. The molecule has 0 amide bonds. The summed E-state index contributed by atoms with van der Waals surface area (Å²) in [5, 5.41) is 0. The minimum absolute atomic E-state index is 0.118. The molecule has 1 aromatic carbocycles. The summed E-state index contributed by atoms with van der Waals surface area (Å²) in [5.41, 5.74) is 5.84. The molecule has 130 valence electrons. The van der Waals surface area contributed by atoms with Crippen molar-refractivity contribution in [1.82, 2.24) is 18.9 Å². The first-order valence-electron chi connectivity index (χ1n) is 8.74. The van der Waals surface area contributed by atoms with Crippen LogP contribution in [0, 0.1) is 0 Å². The van der Waals surface area contributed by atoms with Gasteiger partial charge in [-0.25, -0.2) is 4.98 Å². The van der Waals surface area contributed by atoms with Gasteiger partial charge in [0.1, 0.15) is 5.52 Å². The van der Waals surface area contributed by atoms with Gasteiger partial charge in [-0.05, 0) is 47.5 Å². The normalized spacial score (nSPS) is 11.3. The number of benzene rings is 1. The van der Waals surface area contributed by atoms with Gasteiger partial charge in [0.15, 0.2) is 0 Å². The van der Waals surface area contributed by atoms with Gasteiger partial charge in [-0.1, -0.05) is 24.3 Å². The molecule has 5 aromatic rings. The van der Waals surface area contributed by atoms with Crippen LogP contribution in [-0.4, -0.2) is 18.9 Å². The Labute approximate surface area is 155 Å². The van der Waals surface area contributed by atoms with Crippen LogP contribution in [-0.2, 0) is 6.54 Å². The first-order chi connectivity index (χ1) is 13.3. The smallest absolute Gasteiger partial charge is 0.269 e. The van der Waals surface area contributed by atoms with Crippen molar-refractivity contribution in [2.75, 3.05) is 0 Å². The van der Waals surface area contributed by atoms with Crippen molar-refractivity contribution in [3.8, 4) is 11.3 Å². The Kier molecular flexibility index (Phi) is 3.57. The third kappa shape index (κ3) is 2.69. The van der Waals surface area contributed by atoms with E-state index in [9.17, 15) is 4.79 Å². The lowest BCUT2D eigenvalue weighted by Crippen LogP contribution is -2.21. The number of pyridine rings is 2. The highest BCUT2D eigenvalue weighted by Gasteiger charge is 2.08. The number of hydrogen-bond donors (Lipinski definition) is 0. The zero-order chi connectivity index (χ0) is 18.2. The van der Waals surface area contributed by atoms with E-state index >= 15 is 0 Å². The summed E-state index contributed by atoms with van der Waals surface area (Å²) >= 11 is 0. The fourth-order valence-electron chi connectivity index (χ4n) is 3.49. The maximum absolute atomic E-state index is 12.4. The van der Waals surface area contributed by atoms with Crippen LogP contribution in [0.3, 0.4) is 0 Å². The van der Waals surface area contributed by atoms with Crippen LogP contribution < -0.4 is 5.56 Å². The molecule has 0 saturated heterocycles. The van der Waals surface area contributed by atoms with E-state index in [0.29, 0.717) is 12.1 Å². The van der Waals surface area contributed by atoms with E-state index in [1.165, 1.54) is 6.20 Å². The number of aromatic nitrogens is 4. The molecule has 0 radical (unpaired) electrons. The van der Waals surface area contributed by atoms with Crippen molar-refractivity contribution >= 4 is 16.6 Å². The van der Waals surface area contributed by atoms with Gasteiger partial charge < -0.3 is 8.97 Å². The maximum Gasteiger partial charge on any atom is 0.269 e. The van der Waals surface area contributed by atoms with E-state index < -0.39 is 0 Å². The van der Waals surface area contributed by atoms with Gasteiger partial charge in [-0.15, -0.1) is 0 Å². The largest absolute Gasteiger partial charge is 0.317 e. The third-order valence-corrected chi connectivity index (χ3v) is 4.77. The van der Waals surface area contributed by atoms with Crippen molar-refractivity contribution in [1.29, 1.82) is 0 Å². The van der Waals surface area contributed by atoms with Gasteiger partial charge in [-0.2, -0.15) is 0 Å². The average Bonchev–Trinajstić information content (AvgIpc) is 3.15. The minimum atomic E-state index is -0.118. The maximum atomic E-state index is 12.4. The molecule has 4 heterocycles. The van der Waals surface area contributed by atoms with Crippen molar-refractivity contribution < 1.29 is 0 Å². The monoisotopic (exact) mass is 352 g/mol. The summed E-state index contributed by atoms with van der Waals surface area (Å²) in [4.78, 5) is 20.7. The summed E-state index contributed by atoms with van der Waals surface area (Å²) in [5.74, 6) is 0. The molecular weight excluding hydrogens is 336 g/mol. The molecule has 0 spiro atoms. The van der Waals surface area contributed by atoms with E-state index in [1.54, 1.807) is 17.0 Å². The summed E-state index contributed by atoms with van der Waals surface area (Å²) < 4.78 is 3.90.